The lowest BCUT2D eigenvalue weighted by molar-refractivity contribution is 0.0939. The summed E-state index contributed by atoms with van der Waals surface area (Å²) in [6, 6.07) is 3.84. The van der Waals surface area contributed by atoms with Gasteiger partial charge in [-0.25, -0.2) is 8.42 Å². The van der Waals surface area contributed by atoms with Crippen LogP contribution in [0.3, 0.4) is 0 Å². The summed E-state index contributed by atoms with van der Waals surface area (Å²) in [5.74, 6) is -0.414. The molecule has 0 spiro atoms. The van der Waals surface area contributed by atoms with Crippen LogP contribution in [-0.4, -0.2) is 29.5 Å². The van der Waals surface area contributed by atoms with Gasteiger partial charge in [-0.1, -0.05) is 11.6 Å². The molecule has 126 valence electrons. The number of carbonyl (C=O) groups is 1. The van der Waals surface area contributed by atoms with Gasteiger partial charge < -0.3 is 5.32 Å². The maximum Gasteiger partial charge on any atom is 0.251 e. The van der Waals surface area contributed by atoms with Crippen LogP contribution in [0.2, 0.25) is 5.02 Å². The minimum Gasteiger partial charge on any atom is -0.344 e. The van der Waals surface area contributed by atoms with Gasteiger partial charge in [0.1, 0.15) is 0 Å². The zero-order valence-electron chi connectivity index (χ0n) is 12.9. The average Bonchev–Trinajstić information content (AvgIpc) is 3.40. The third-order valence-electron chi connectivity index (χ3n) is 3.80. The number of amides is 1. The molecule has 1 amide bonds. The molecule has 0 radical (unpaired) electrons. The number of rotatable bonds is 5. The van der Waals surface area contributed by atoms with Gasteiger partial charge in [-0.05, 0) is 38.0 Å². The number of sulfone groups is 1. The molecular formula is C16H16ClN3O3S. The second-order valence-corrected chi connectivity index (χ2v) is 8.41. The smallest absolute Gasteiger partial charge is 0.251 e. The molecule has 1 atom stereocenters. The molecule has 1 saturated carbocycles. The fourth-order valence-electron chi connectivity index (χ4n) is 2.32. The Labute approximate surface area is 145 Å². The van der Waals surface area contributed by atoms with Gasteiger partial charge in [0.2, 0.25) is 0 Å². The second-order valence-electron chi connectivity index (χ2n) is 5.75. The van der Waals surface area contributed by atoms with Crippen LogP contribution < -0.4 is 5.32 Å². The van der Waals surface area contributed by atoms with Crippen molar-refractivity contribution in [1.82, 2.24) is 15.3 Å². The predicted molar refractivity (Wildman–Crippen MR) is 89.6 cm³/mol. The van der Waals surface area contributed by atoms with Crippen LogP contribution in [0.25, 0.3) is 0 Å². The van der Waals surface area contributed by atoms with Crippen molar-refractivity contribution in [3.63, 3.8) is 0 Å². The maximum absolute atomic E-state index is 12.4. The molecule has 1 aromatic heterocycles. The Morgan fingerprint density at radius 3 is 2.67 bits per heavy atom. The van der Waals surface area contributed by atoms with Crippen LogP contribution in [0.1, 0.15) is 41.9 Å². The molecule has 1 heterocycles. The van der Waals surface area contributed by atoms with Crippen LogP contribution in [0.5, 0.6) is 0 Å². The first-order valence-corrected chi connectivity index (χ1v) is 9.41. The predicted octanol–water partition coefficient (Wildman–Crippen LogP) is 2.56. The van der Waals surface area contributed by atoms with Crippen molar-refractivity contribution in [2.24, 2.45) is 0 Å². The normalized spacial score (nSPS) is 15.8. The van der Waals surface area contributed by atoms with Gasteiger partial charge in [-0.15, -0.1) is 0 Å². The Hall–Kier alpha value is -1.99. The molecule has 1 N–H and O–H groups in total. The van der Waals surface area contributed by atoms with Gasteiger partial charge in [-0.3, -0.25) is 14.8 Å². The van der Waals surface area contributed by atoms with Crippen molar-refractivity contribution in [2.45, 2.75) is 36.0 Å². The number of hydrogen-bond acceptors (Lipinski definition) is 5. The summed E-state index contributed by atoms with van der Waals surface area (Å²) in [7, 11) is -3.41. The van der Waals surface area contributed by atoms with E-state index in [9.17, 15) is 13.2 Å². The fourth-order valence-corrected chi connectivity index (χ4v) is 4.34. The van der Waals surface area contributed by atoms with E-state index in [0.717, 1.165) is 0 Å². The van der Waals surface area contributed by atoms with E-state index in [1.54, 1.807) is 19.3 Å². The monoisotopic (exact) mass is 365 g/mol. The largest absolute Gasteiger partial charge is 0.344 e. The van der Waals surface area contributed by atoms with Crippen LogP contribution in [0.4, 0.5) is 0 Å². The Kier molecular flexibility index (Phi) is 4.56. The lowest BCUT2D eigenvalue weighted by Crippen LogP contribution is -2.27. The average molecular weight is 366 g/mol. The standard InChI is InChI=1S/C16H16ClN3O3S/c1-10(15-9-18-4-5-19-15)20-16(21)11-6-12(17)8-14(7-11)24(22,23)13-2-3-13/h4-10,13H,2-3H2,1H3,(H,20,21)/t10-/m0/s1. The lowest BCUT2D eigenvalue weighted by Gasteiger charge is -2.14. The third kappa shape index (κ3) is 3.57. The Bertz CT molecular complexity index is 867. The van der Waals surface area contributed by atoms with Crippen LogP contribution >= 0.6 is 11.6 Å². The van der Waals surface area contributed by atoms with E-state index in [1.165, 1.54) is 24.4 Å². The number of nitrogens with one attached hydrogen (secondary N) is 1. The molecule has 0 aliphatic heterocycles. The minimum atomic E-state index is -3.41. The molecule has 24 heavy (non-hydrogen) atoms. The number of carbonyl (C=O) groups excluding carboxylic acids is 1. The molecule has 1 aromatic carbocycles. The number of aromatic nitrogens is 2. The van der Waals surface area contributed by atoms with Gasteiger partial charge >= 0.3 is 0 Å². The van der Waals surface area contributed by atoms with E-state index >= 15 is 0 Å². The maximum atomic E-state index is 12.4. The van der Waals surface area contributed by atoms with Crippen molar-refractivity contribution in [1.29, 1.82) is 0 Å². The van der Waals surface area contributed by atoms with Crippen molar-refractivity contribution >= 4 is 27.3 Å². The number of nitrogens with zero attached hydrogens (tertiary/aromatic N) is 2. The molecule has 2 aromatic rings. The summed E-state index contributed by atoms with van der Waals surface area (Å²) >= 11 is 6.01. The van der Waals surface area contributed by atoms with E-state index in [0.29, 0.717) is 18.5 Å². The molecule has 1 aliphatic rings. The zero-order chi connectivity index (χ0) is 17.3. The number of benzene rings is 1. The highest BCUT2D eigenvalue weighted by Crippen LogP contribution is 2.34. The summed E-state index contributed by atoms with van der Waals surface area (Å²) in [6.45, 7) is 1.77. The lowest BCUT2D eigenvalue weighted by atomic mass is 10.2. The fraction of sp³-hybridized carbons (Fsp3) is 0.312. The van der Waals surface area contributed by atoms with Gasteiger partial charge in [-0.2, -0.15) is 0 Å². The topological polar surface area (TPSA) is 89.0 Å². The van der Waals surface area contributed by atoms with Crippen LogP contribution in [0.15, 0.2) is 41.7 Å². The summed E-state index contributed by atoms with van der Waals surface area (Å²) < 4.78 is 24.7. The van der Waals surface area contributed by atoms with Crippen molar-refractivity contribution < 1.29 is 13.2 Å². The Morgan fingerprint density at radius 2 is 2.04 bits per heavy atom. The Balaban J connectivity index is 1.84. The highest BCUT2D eigenvalue weighted by Gasteiger charge is 2.37. The summed E-state index contributed by atoms with van der Waals surface area (Å²) in [5, 5.41) is 2.63. The van der Waals surface area contributed by atoms with Crippen LogP contribution in [-0.2, 0) is 9.84 Å². The van der Waals surface area contributed by atoms with E-state index < -0.39 is 15.7 Å². The van der Waals surface area contributed by atoms with Gasteiger partial charge in [0.05, 0.1) is 28.1 Å². The molecule has 1 aliphatic carbocycles. The first-order valence-electron chi connectivity index (χ1n) is 7.49. The van der Waals surface area contributed by atoms with Crippen molar-refractivity contribution in [3.05, 3.63) is 53.1 Å². The summed E-state index contributed by atoms with van der Waals surface area (Å²) in [5.41, 5.74) is 0.816. The highest BCUT2D eigenvalue weighted by molar-refractivity contribution is 7.92. The zero-order valence-corrected chi connectivity index (χ0v) is 14.5. The summed E-state index contributed by atoms with van der Waals surface area (Å²) in [4.78, 5) is 20.6. The van der Waals surface area contributed by atoms with E-state index in [1.807, 2.05) is 0 Å². The third-order valence-corrected chi connectivity index (χ3v) is 6.26. The minimum absolute atomic E-state index is 0.0924. The summed E-state index contributed by atoms with van der Waals surface area (Å²) in [6.07, 6.45) is 5.95. The highest BCUT2D eigenvalue weighted by atomic mass is 35.5. The van der Waals surface area contributed by atoms with Crippen molar-refractivity contribution in [3.8, 4) is 0 Å². The van der Waals surface area contributed by atoms with Gasteiger partial charge in [0.15, 0.2) is 9.84 Å². The molecule has 6 nitrogen and oxygen atoms in total. The first kappa shape index (κ1) is 16.9. The van der Waals surface area contributed by atoms with Crippen LogP contribution in [0, 0.1) is 0 Å². The van der Waals surface area contributed by atoms with Crippen molar-refractivity contribution in [2.75, 3.05) is 0 Å². The quantitative estimate of drug-likeness (QED) is 0.879. The molecule has 3 rings (SSSR count). The van der Waals surface area contributed by atoms with Gasteiger partial charge in [0.25, 0.3) is 5.91 Å². The SMILES string of the molecule is C[C@H](NC(=O)c1cc(Cl)cc(S(=O)(=O)C2CC2)c1)c1cnccn1. The number of halogens is 1. The molecule has 0 saturated heterocycles. The second kappa shape index (κ2) is 6.49. The molecule has 0 bridgehead atoms. The molecule has 1 fully saturated rings. The van der Waals surface area contributed by atoms with Gasteiger partial charge in [0, 0.05) is 23.0 Å². The molecule has 8 heteroatoms. The number of hydrogen-bond donors (Lipinski definition) is 1. The Morgan fingerprint density at radius 1 is 1.29 bits per heavy atom. The van der Waals surface area contributed by atoms with E-state index in [2.05, 4.69) is 15.3 Å². The van der Waals surface area contributed by atoms with E-state index in [-0.39, 0.29) is 26.8 Å². The molecule has 0 unspecified atom stereocenters. The first-order chi connectivity index (χ1) is 11.4. The van der Waals surface area contributed by atoms with E-state index in [4.69, 9.17) is 11.6 Å². The molecular weight excluding hydrogens is 350 g/mol.